The Morgan fingerprint density at radius 3 is 2.65 bits per heavy atom. The molecule has 0 aromatic heterocycles. The van der Waals surface area contributed by atoms with Gasteiger partial charge in [-0.1, -0.05) is 42.5 Å². The molecule has 0 atom stereocenters. The average Bonchev–Trinajstić information content (AvgIpc) is 2.46. The molecule has 0 unspecified atom stereocenters. The molecule has 1 N–H and O–H groups in total. The highest BCUT2D eigenvalue weighted by Crippen LogP contribution is 2.18. The van der Waals surface area contributed by atoms with Gasteiger partial charge in [-0.15, -0.1) is 0 Å². The monoisotopic (exact) mass is 270 g/mol. The number of carbonyl (C=O) groups excluding carboxylic acids is 1. The molecular weight excluding hydrogens is 248 g/mol. The summed E-state index contributed by atoms with van der Waals surface area (Å²) in [5.41, 5.74) is 1.31. The maximum atomic E-state index is 11.4. The van der Waals surface area contributed by atoms with Gasteiger partial charge >= 0.3 is 0 Å². The topological polar surface area (TPSA) is 32.3 Å². The van der Waals surface area contributed by atoms with Crippen molar-refractivity contribution in [3.63, 3.8) is 0 Å². The van der Waals surface area contributed by atoms with Crippen LogP contribution in [-0.2, 0) is 11.3 Å². The highest BCUT2D eigenvalue weighted by molar-refractivity contribution is 5.85. The first kappa shape index (κ1) is 14.5. The molecule has 0 radical (unpaired) electrons. The van der Waals surface area contributed by atoms with Crippen LogP contribution in [0.3, 0.4) is 0 Å². The number of nitrogens with one attached hydrogen (secondary N) is 1. The van der Waals surface area contributed by atoms with Gasteiger partial charge in [-0.3, -0.25) is 4.79 Å². The summed E-state index contributed by atoms with van der Waals surface area (Å²) in [4.78, 5) is 13.1. The molecule has 0 heterocycles. The van der Waals surface area contributed by atoms with Crippen LogP contribution >= 0.6 is 0 Å². The molecule has 3 nitrogen and oxygen atoms in total. The number of amides is 1. The van der Waals surface area contributed by atoms with Crippen LogP contribution in [0.25, 0.3) is 10.8 Å². The number of hydrogen-bond acceptors (Lipinski definition) is 2. The SMILES string of the molecule is CN(C)C(=O)CCCNCc1cccc2ccccc12. The van der Waals surface area contributed by atoms with Gasteiger partial charge in [0.2, 0.25) is 5.91 Å². The Bertz CT molecular complexity index is 573. The lowest BCUT2D eigenvalue weighted by atomic mass is 10.0. The second kappa shape index (κ2) is 7.06. The molecule has 20 heavy (non-hydrogen) atoms. The van der Waals surface area contributed by atoms with Gasteiger partial charge in [0.1, 0.15) is 0 Å². The van der Waals surface area contributed by atoms with Crippen LogP contribution in [0.15, 0.2) is 42.5 Å². The van der Waals surface area contributed by atoms with E-state index in [2.05, 4.69) is 47.8 Å². The van der Waals surface area contributed by atoms with E-state index in [0.29, 0.717) is 6.42 Å². The Morgan fingerprint density at radius 2 is 1.85 bits per heavy atom. The van der Waals surface area contributed by atoms with Crippen molar-refractivity contribution in [2.45, 2.75) is 19.4 Å². The molecule has 2 aromatic rings. The van der Waals surface area contributed by atoms with Crippen LogP contribution < -0.4 is 5.32 Å². The second-order valence-electron chi connectivity index (χ2n) is 5.21. The van der Waals surface area contributed by atoms with Gasteiger partial charge in [-0.2, -0.15) is 0 Å². The van der Waals surface area contributed by atoms with Crippen molar-refractivity contribution < 1.29 is 4.79 Å². The van der Waals surface area contributed by atoms with Crippen molar-refractivity contribution in [2.24, 2.45) is 0 Å². The Balaban J connectivity index is 1.83. The highest BCUT2D eigenvalue weighted by atomic mass is 16.2. The smallest absolute Gasteiger partial charge is 0.222 e. The van der Waals surface area contributed by atoms with Crippen molar-refractivity contribution in [1.82, 2.24) is 10.2 Å². The fourth-order valence-corrected chi connectivity index (χ4v) is 2.26. The molecule has 2 rings (SSSR count). The van der Waals surface area contributed by atoms with Crippen LogP contribution in [0.2, 0.25) is 0 Å². The maximum Gasteiger partial charge on any atom is 0.222 e. The van der Waals surface area contributed by atoms with Gasteiger partial charge in [0.15, 0.2) is 0 Å². The van der Waals surface area contributed by atoms with Crippen LogP contribution in [0.5, 0.6) is 0 Å². The zero-order valence-electron chi connectivity index (χ0n) is 12.2. The molecule has 0 saturated heterocycles. The molecule has 0 spiro atoms. The quantitative estimate of drug-likeness (QED) is 0.819. The zero-order chi connectivity index (χ0) is 14.4. The molecule has 0 aliphatic carbocycles. The van der Waals surface area contributed by atoms with E-state index in [4.69, 9.17) is 0 Å². The fraction of sp³-hybridized carbons (Fsp3) is 0.353. The number of benzene rings is 2. The minimum Gasteiger partial charge on any atom is -0.349 e. The largest absolute Gasteiger partial charge is 0.349 e. The molecular formula is C17H22N2O. The van der Waals surface area contributed by atoms with Crippen molar-refractivity contribution in [3.05, 3.63) is 48.0 Å². The molecule has 1 amide bonds. The third kappa shape index (κ3) is 3.81. The minimum atomic E-state index is 0.192. The van der Waals surface area contributed by atoms with Gasteiger partial charge < -0.3 is 10.2 Å². The summed E-state index contributed by atoms with van der Waals surface area (Å²) in [5.74, 6) is 0.192. The second-order valence-corrected chi connectivity index (χ2v) is 5.21. The van der Waals surface area contributed by atoms with E-state index in [9.17, 15) is 4.79 Å². The predicted molar refractivity (Wildman–Crippen MR) is 83.6 cm³/mol. The first-order chi connectivity index (χ1) is 9.68. The Morgan fingerprint density at radius 1 is 1.10 bits per heavy atom. The van der Waals surface area contributed by atoms with Gasteiger partial charge in [-0.05, 0) is 29.3 Å². The first-order valence-electron chi connectivity index (χ1n) is 7.06. The van der Waals surface area contributed by atoms with E-state index >= 15 is 0 Å². The summed E-state index contributed by atoms with van der Waals surface area (Å²) in [6, 6.07) is 14.8. The van der Waals surface area contributed by atoms with Gasteiger partial charge in [-0.25, -0.2) is 0 Å². The summed E-state index contributed by atoms with van der Waals surface area (Å²) in [7, 11) is 3.59. The van der Waals surface area contributed by atoms with E-state index < -0.39 is 0 Å². The van der Waals surface area contributed by atoms with Gasteiger partial charge in [0, 0.05) is 27.1 Å². The van der Waals surface area contributed by atoms with Crippen molar-refractivity contribution in [2.75, 3.05) is 20.6 Å². The van der Waals surface area contributed by atoms with E-state index in [1.54, 1.807) is 19.0 Å². The summed E-state index contributed by atoms with van der Waals surface area (Å²) >= 11 is 0. The third-order valence-corrected chi connectivity index (χ3v) is 3.44. The van der Waals surface area contributed by atoms with E-state index in [-0.39, 0.29) is 5.91 Å². The number of carbonyl (C=O) groups is 1. The molecule has 2 aromatic carbocycles. The van der Waals surface area contributed by atoms with Crippen LogP contribution in [0, 0.1) is 0 Å². The Kier molecular flexibility index (Phi) is 5.13. The van der Waals surface area contributed by atoms with Crippen molar-refractivity contribution in [1.29, 1.82) is 0 Å². The highest BCUT2D eigenvalue weighted by Gasteiger charge is 2.03. The van der Waals surface area contributed by atoms with Crippen molar-refractivity contribution >= 4 is 16.7 Å². The third-order valence-electron chi connectivity index (χ3n) is 3.44. The fourth-order valence-electron chi connectivity index (χ4n) is 2.26. The summed E-state index contributed by atoms with van der Waals surface area (Å²) in [6.45, 7) is 1.71. The summed E-state index contributed by atoms with van der Waals surface area (Å²) in [5, 5.41) is 5.99. The Hall–Kier alpha value is -1.87. The maximum absolute atomic E-state index is 11.4. The van der Waals surface area contributed by atoms with Crippen LogP contribution in [0.1, 0.15) is 18.4 Å². The molecule has 0 aliphatic heterocycles. The number of hydrogen-bond donors (Lipinski definition) is 1. The lowest BCUT2D eigenvalue weighted by Crippen LogP contribution is -2.23. The lowest BCUT2D eigenvalue weighted by molar-refractivity contribution is -0.128. The first-order valence-corrected chi connectivity index (χ1v) is 7.06. The molecule has 106 valence electrons. The molecule has 3 heteroatoms. The minimum absolute atomic E-state index is 0.192. The number of fused-ring (bicyclic) bond motifs is 1. The predicted octanol–water partition coefficient (Wildman–Crippen LogP) is 2.80. The lowest BCUT2D eigenvalue weighted by Gasteiger charge is -2.11. The molecule has 0 aliphatic rings. The summed E-state index contributed by atoms with van der Waals surface area (Å²) < 4.78 is 0. The Labute approximate surface area is 120 Å². The standard InChI is InChI=1S/C17H22N2O/c1-19(2)17(20)11-6-12-18-13-15-9-5-8-14-7-3-4-10-16(14)15/h3-5,7-10,18H,6,11-13H2,1-2H3. The van der Waals surface area contributed by atoms with E-state index in [1.165, 1.54) is 16.3 Å². The number of nitrogens with zero attached hydrogens (tertiary/aromatic N) is 1. The van der Waals surface area contributed by atoms with Crippen molar-refractivity contribution in [3.8, 4) is 0 Å². The zero-order valence-corrected chi connectivity index (χ0v) is 12.2. The van der Waals surface area contributed by atoms with E-state index in [1.807, 2.05) is 0 Å². The van der Waals surface area contributed by atoms with Crippen LogP contribution in [-0.4, -0.2) is 31.4 Å². The van der Waals surface area contributed by atoms with Gasteiger partial charge in [0.25, 0.3) is 0 Å². The van der Waals surface area contributed by atoms with E-state index in [0.717, 1.165) is 19.5 Å². The molecule has 0 fully saturated rings. The number of rotatable bonds is 6. The van der Waals surface area contributed by atoms with Crippen LogP contribution in [0.4, 0.5) is 0 Å². The molecule has 0 bridgehead atoms. The normalized spacial score (nSPS) is 10.7. The van der Waals surface area contributed by atoms with Gasteiger partial charge in [0.05, 0.1) is 0 Å². The average molecular weight is 270 g/mol. The molecule has 0 saturated carbocycles. The summed E-state index contributed by atoms with van der Waals surface area (Å²) in [6.07, 6.45) is 1.48.